The average molecular weight is 537 g/mol. The number of carbonyl (C=O) groups excluding carboxylic acids is 2. The number of nitrogens with zero attached hydrogens (tertiary/aromatic N) is 2. The molecule has 9 nitrogen and oxygen atoms in total. The van der Waals surface area contributed by atoms with Gasteiger partial charge in [-0.1, -0.05) is 11.6 Å². The molecule has 0 aliphatic heterocycles. The van der Waals surface area contributed by atoms with Gasteiger partial charge in [-0.15, -0.1) is 0 Å². The van der Waals surface area contributed by atoms with E-state index < -0.39 is 46.8 Å². The Kier molecular flexibility index (Phi) is 6.01. The van der Waals surface area contributed by atoms with E-state index in [0.717, 1.165) is 18.2 Å². The zero-order valence-corrected chi connectivity index (χ0v) is 19.9. The van der Waals surface area contributed by atoms with Gasteiger partial charge in [0.15, 0.2) is 18.2 Å². The number of imidazole rings is 1. The number of fused-ring (bicyclic) bond motifs is 1. The Bertz CT molecular complexity index is 1440. The van der Waals surface area contributed by atoms with Gasteiger partial charge < -0.3 is 25.0 Å². The largest absolute Gasteiger partial charge is 0.484 e. The van der Waals surface area contributed by atoms with Gasteiger partial charge in [-0.05, 0) is 31.4 Å². The van der Waals surface area contributed by atoms with Gasteiger partial charge in [-0.3, -0.25) is 14.4 Å². The van der Waals surface area contributed by atoms with Crippen molar-refractivity contribution in [2.45, 2.75) is 37.9 Å². The fourth-order valence-corrected chi connectivity index (χ4v) is 5.29. The van der Waals surface area contributed by atoms with Gasteiger partial charge in [0.25, 0.3) is 5.91 Å². The van der Waals surface area contributed by atoms with E-state index in [0.29, 0.717) is 19.3 Å². The summed E-state index contributed by atoms with van der Waals surface area (Å²) in [6.07, 6.45) is 1.24. The lowest BCUT2D eigenvalue weighted by molar-refractivity contribution is -0.184. The number of hydrogen-bond acceptors (Lipinski definition) is 5. The van der Waals surface area contributed by atoms with E-state index in [1.165, 1.54) is 16.7 Å². The number of nitrogens with one attached hydrogen (secondary N) is 2. The van der Waals surface area contributed by atoms with Gasteiger partial charge in [0.1, 0.15) is 23.9 Å². The lowest BCUT2D eigenvalue weighted by Gasteiger charge is -2.69. The molecule has 37 heavy (non-hydrogen) atoms. The number of carboxylic acids is 1. The molecule has 2 bridgehead atoms. The molecule has 3 saturated carbocycles. The maximum Gasteiger partial charge on any atom is 0.323 e. The molecular formula is C24H20ClF3N4O5. The standard InChI is InChI=1S/C24H20ClF3N4O5/c25-13-2-1-12(3-14(13)26)37-8-20(33)31-24-9-23(10-24,11-24)22(36)29-6-19-30-17-4-15(27)16(28)5-18(17)32(19)7-21(34)35/h1-5H,6-11H2,(H,29,36)(H,31,33)(H,34,35). The number of rotatable bonds is 9. The highest BCUT2D eigenvalue weighted by Gasteiger charge is 2.72. The molecule has 3 fully saturated rings. The molecule has 0 saturated heterocycles. The predicted octanol–water partition coefficient (Wildman–Crippen LogP) is 2.93. The van der Waals surface area contributed by atoms with Gasteiger partial charge in [0, 0.05) is 23.7 Å². The van der Waals surface area contributed by atoms with E-state index in [-0.39, 0.29) is 46.7 Å². The summed E-state index contributed by atoms with van der Waals surface area (Å²) in [7, 11) is 0. The second-order valence-electron chi connectivity index (χ2n) is 9.45. The minimum absolute atomic E-state index is 0.0591. The molecule has 1 heterocycles. The van der Waals surface area contributed by atoms with Crippen LogP contribution in [0.1, 0.15) is 25.1 Å². The fourth-order valence-electron chi connectivity index (χ4n) is 5.17. The Balaban J connectivity index is 1.16. The number of halogens is 4. The highest BCUT2D eigenvalue weighted by molar-refractivity contribution is 6.30. The molecule has 2 aromatic carbocycles. The number of ether oxygens (including phenoxy) is 1. The molecule has 2 amide bonds. The Morgan fingerprint density at radius 1 is 1.08 bits per heavy atom. The van der Waals surface area contributed by atoms with Crippen molar-refractivity contribution >= 4 is 40.4 Å². The quantitative estimate of drug-likeness (QED) is 0.386. The first-order valence-electron chi connectivity index (χ1n) is 11.2. The van der Waals surface area contributed by atoms with E-state index >= 15 is 0 Å². The summed E-state index contributed by atoms with van der Waals surface area (Å²) in [4.78, 5) is 40.6. The molecule has 0 unspecified atom stereocenters. The second-order valence-corrected chi connectivity index (χ2v) is 9.86. The molecule has 3 aromatic rings. The molecular weight excluding hydrogens is 517 g/mol. The summed E-state index contributed by atoms with van der Waals surface area (Å²) in [5.74, 6) is -4.53. The van der Waals surface area contributed by atoms with Crippen LogP contribution in [-0.2, 0) is 27.5 Å². The molecule has 0 atom stereocenters. The third-order valence-corrected chi connectivity index (χ3v) is 7.05. The van der Waals surface area contributed by atoms with Crippen LogP contribution in [0.5, 0.6) is 5.75 Å². The predicted molar refractivity (Wildman–Crippen MR) is 123 cm³/mol. The lowest BCUT2D eigenvalue weighted by Crippen LogP contribution is -2.78. The normalized spacial score (nSPS) is 21.6. The van der Waals surface area contributed by atoms with Crippen LogP contribution >= 0.6 is 11.6 Å². The fraction of sp³-hybridized carbons (Fsp3) is 0.333. The first-order valence-corrected chi connectivity index (χ1v) is 11.6. The number of aliphatic carboxylic acids is 1. The van der Waals surface area contributed by atoms with Crippen molar-refractivity contribution in [1.29, 1.82) is 0 Å². The van der Waals surface area contributed by atoms with Crippen molar-refractivity contribution in [2.75, 3.05) is 6.61 Å². The van der Waals surface area contributed by atoms with Gasteiger partial charge in [-0.25, -0.2) is 18.2 Å². The first-order chi connectivity index (χ1) is 17.5. The Hall–Kier alpha value is -3.80. The monoisotopic (exact) mass is 536 g/mol. The van der Waals surface area contributed by atoms with Gasteiger partial charge in [-0.2, -0.15) is 0 Å². The van der Waals surface area contributed by atoms with E-state index in [1.807, 2.05) is 0 Å². The van der Waals surface area contributed by atoms with Crippen molar-refractivity contribution in [3.8, 4) is 5.75 Å². The maximum atomic E-state index is 13.7. The van der Waals surface area contributed by atoms with Crippen molar-refractivity contribution in [2.24, 2.45) is 5.41 Å². The summed E-state index contributed by atoms with van der Waals surface area (Å²) >= 11 is 5.62. The third kappa shape index (κ3) is 4.57. The summed E-state index contributed by atoms with van der Waals surface area (Å²) in [6, 6.07) is 5.58. The van der Waals surface area contributed by atoms with E-state index in [4.69, 9.17) is 16.3 Å². The number of aromatic nitrogens is 2. The summed E-state index contributed by atoms with van der Waals surface area (Å²) in [5, 5.41) is 14.7. The molecule has 0 radical (unpaired) electrons. The zero-order chi connectivity index (χ0) is 26.5. The third-order valence-electron chi connectivity index (χ3n) is 6.75. The van der Waals surface area contributed by atoms with Crippen molar-refractivity contribution in [3.05, 3.63) is 58.6 Å². The Morgan fingerprint density at radius 2 is 1.78 bits per heavy atom. The number of carboxylic acid groups (broad SMARTS) is 1. The Labute approximate surface area is 212 Å². The molecule has 13 heteroatoms. The molecule has 3 N–H and O–H groups in total. The minimum Gasteiger partial charge on any atom is -0.484 e. The first kappa shape index (κ1) is 24.9. The SMILES string of the molecule is O=C(O)Cn1c(CNC(=O)C23CC(NC(=O)COc4ccc(Cl)c(F)c4)(C2)C3)nc2cc(F)c(F)cc21. The van der Waals surface area contributed by atoms with Crippen LogP contribution in [0.15, 0.2) is 30.3 Å². The topological polar surface area (TPSA) is 123 Å². The molecule has 3 aliphatic carbocycles. The van der Waals surface area contributed by atoms with Crippen molar-refractivity contribution < 1.29 is 37.4 Å². The molecule has 3 aliphatic rings. The summed E-state index contributed by atoms with van der Waals surface area (Å²) in [5.41, 5.74) is -1.02. The van der Waals surface area contributed by atoms with Crippen LogP contribution < -0.4 is 15.4 Å². The van der Waals surface area contributed by atoms with E-state index in [1.54, 1.807) is 0 Å². The van der Waals surface area contributed by atoms with Crippen molar-refractivity contribution in [1.82, 2.24) is 20.2 Å². The average Bonchev–Trinajstić information content (AvgIpc) is 3.10. The Morgan fingerprint density at radius 3 is 2.46 bits per heavy atom. The number of benzene rings is 2. The van der Waals surface area contributed by atoms with Gasteiger partial charge in [0.05, 0.1) is 28.0 Å². The van der Waals surface area contributed by atoms with Gasteiger partial charge in [0.2, 0.25) is 5.91 Å². The zero-order valence-electron chi connectivity index (χ0n) is 19.1. The molecule has 1 aromatic heterocycles. The maximum absolute atomic E-state index is 13.7. The van der Waals surface area contributed by atoms with Crippen LogP contribution in [0, 0.1) is 22.9 Å². The summed E-state index contributed by atoms with van der Waals surface area (Å²) in [6.45, 7) is -1.02. The minimum atomic E-state index is -1.21. The number of amides is 2. The van der Waals surface area contributed by atoms with Crippen LogP contribution in [0.4, 0.5) is 13.2 Å². The van der Waals surface area contributed by atoms with Crippen LogP contribution in [0.25, 0.3) is 11.0 Å². The van der Waals surface area contributed by atoms with E-state index in [2.05, 4.69) is 15.6 Å². The van der Waals surface area contributed by atoms with Crippen LogP contribution in [0.3, 0.4) is 0 Å². The molecule has 6 rings (SSSR count). The molecule has 0 spiro atoms. The number of hydrogen-bond donors (Lipinski definition) is 3. The second kappa shape index (κ2) is 8.94. The number of carbonyl (C=O) groups is 3. The van der Waals surface area contributed by atoms with Crippen molar-refractivity contribution in [3.63, 3.8) is 0 Å². The highest BCUT2D eigenvalue weighted by atomic mass is 35.5. The van der Waals surface area contributed by atoms with Crippen LogP contribution in [-0.4, -0.2) is 44.6 Å². The molecule has 194 valence electrons. The highest BCUT2D eigenvalue weighted by Crippen LogP contribution is 2.67. The van der Waals surface area contributed by atoms with Gasteiger partial charge >= 0.3 is 5.97 Å². The smallest absolute Gasteiger partial charge is 0.323 e. The van der Waals surface area contributed by atoms with Crippen LogP contribution in [0.2, 0.25) is 5.02 Å². The lowest BCUT2D eigenvalue weighted by atomic mass is 9.39. The summed E-state index contributed by atoms with van der Waals surface area (Å²) < 4.78 is 47.3. The van der Waals surface area contributed by atoms with E-state index in [9.17, 15) is 32.7 Å².